The number of carbonyl (C=O) groups excluding carboxylic acids is 1. The highest BCUT2D eigenvalue weighted by Gasteiger charge is 2.23. The number of nitrogens with one attached hydrogen (secondary N) is 1. The van der Waals surface area contributed by atoms with E-state index in [4.69, 9.17) is 9.47 Å². The maximum atomic E-state index is 13.6. The Labute approximate surface area is 203 Å². The summed E-state index contributed by atoms with van der Waals surface area (Å²) < 4.78 is 11.9. The van der Waals surface area contributed by atoms with Crippen LogP contribution in [-0.4, -0.2) is 39.7 Å². The second-order valence-corrected chi connectivity index (χ2v) is 8.24. The number of aromatic amines is 1. The van der Waals surface area contributed by atoms with Crippen molar-refractivity contribution in [3.8, 4) is 11.5 Å². The average Bonchev–Trinajstić information content (AvgIpc) is 3.30. The molecule has 0 bridgehead atoms. The van der Waals surface area contributed by atoms with Gasteiger partial charge in [-0.25, -0.2) is 4.98 Å². The maximum absolute atomic E-state index is 13.6. The van der Waals surface area contributed by atoms with Crippen molar-refractivity contribution in [2.45, 2.75) is 39.7 Å². The lowest BCUT2D eigenvalue weighted by Crippen LogP contribution is -2.31. The minimum Gasteiger partial charge on any atom is -0.497 e. The number of unbranched alkanes of at least 4 members (excludes halogenated alkanes) is 1. The lowest BCUT2D eigenvalue weighted by molar-refractivity contribution is 0.0983. The van der Waals surface area contributed by atoms with Gasteiger partial charge < -0.3 is 9.47 Å². The van der Waals surface area contributed by atoms with Crippen LogP contribution in [-0.2, 0) is 13.0 Å². The van der Waals surface area contributed by atoms with Gasteiger partial charge in [0.15, 0.2) is 0 Å². The Kier molecular flexibility index (Phi) is 7.14. The second kappa shape index (κ2) is 10.4. The molecule has 0 radical (unpaired) electrons. The van der Waals surface area contributed by atoms with Crippen LogP contribution in [0.2, 0.25) is 0 Å². The number of hydrogen-bond donors (Lipinski definition) is 1. The van der Waals surface area contributed by atoms with Crippen LogP contribution in [0.15, 0.2) is 53.3 Å². The van der Waals surface area contributed by atoms with Crippen LogP contribution >= 0.6 is 0 Å². The number of aromatic nitrogens is 4. The van der Waals surface area contributed by atoms with Crippen LogP contribution in [0.1, 0.15) is 46.9 Å². The Hall–Kier alpha value is -4.14. The number of aryl methyl sites for hydroxylation is 1. The number of carbonyl (C=O) groups is 1. The van der Waals surface area contributed by atoms with Gasteiger partial charge in [-0.15, -0.1) is 0 Å². The predicted molar refractivity (Wildman–Crippen MR) is 133 cm³/mol. The molecule has 0 aliphatic carbocycles. The molecule has 0 saturated heterocycles. The predicted octanol–water partition coefficient (Wildman–Crippen LogP) is 3.93. The number of benzene rings is 2. The molecule has 0 fully saturated rings. The Morgan fingerprint density at radius 2 is 1.80 bits per heavy atom. The number of amides is 1. The summed E-state index contributed by atoms with van der Waals surface area (Å²) in [6.45, 7) is 4.10. The van der Waals surface area contributed by atoms with Crippen LogP contribution in [0.5, 0.6) is 11.5 Å². The normalized spacial score (nSPS) is 11.0. The molecule has 2 aromatic carbocycles. The third-order valence-electron chi connectivity index (χ3n) is 5.88. The molecule has 35 heavy (non-hydrogen) atoms. The Morgan fingerprint density at radius 1 is 1.06 bits per heavy atom. The van der Waals surface area contributed by atoms with Crippen molar-refractivity contribution in [3.63, 3.8) is 0 Å². The zero-order valence-electron chi connectivity index (χ0n) is 20.4. The SMILES string of the molecule is CCCCc1c(C)nc2nc(N(Cc3cccc(OC)c3)C(=O)c3ccc(OC)cc3)[nH]n2c1=O. The van der Waals surface area contributed by atoms with E-state index in [9.17, 15) is 9.59 Å². The zero-order chi connectivity index (χ0) is 24.9. The van der Waals surface area contributed by atoms with Crippen molar-refractivity contribution < 1.29 is 14.3 Å². The van der Waals surface area contributed by atoms with E-state index in [0.717, 1.165) is 18.4 Å². The van der Waals surface area contributed by atoms with Crippen LogP contribution in [0.25, 0.3) is 5.78 Å². The Balaban J connectivity index is 1.79. The highest BCUT2D eigenvalue weighted by molar-refractivity contribution is 6.05. The molecular weight excluding hydrogens is 446 g/mol. The van der Waals surface area contributed by atoms with E-state index in [1.165, 1.54) is 9.42 Å². The summed E-state index contributed by atoms with van der Waals surface area (Å²) in [5.41, 5.74) is 2.40. The van der Waals surface area contributed by atoms with Gasteiger partial charge in [-0.1, -0.05) is 25.5 Å². The first-order valence-corrected chi connectivity index (χ1v) is 11.5. The van der Waals surface area contributed by atoms with Crippen molar-refractivity contribution in [2.75, 3.05) is 19.1 Å². The number of nitrogens with zero attached hydrogens (tertiary/aromatic N) is 4. The molecule has 4 aromatic rings. The third kappa shape index (κ3) is 5.03. The van der Waals surface area contributed by atoms with E-state index in [-0.39, 0.29) is 29.7 Å². The molecule has 1 amide bonds. The van der Waals surface area contributed by atoms with E-state index in [0.29, 0.717) is 34.7 Å². The van der Waals surface area contributed by atoms with Gasteiger partial charge in [0.05, 0.1) is 26.5 Å². The number of hydrogen-bond acceptors (Lipinski definition) is 6. The fraction of sp³-hybridized carbons (Fsp3) is 0.308. The van der Waals surface area contributed by atoms with Gasteiger partial charge in [0, 0.05) is 11.1 Å². The molecule has 2 aromatic heterocycles. The maximum Gasteiger partial charge on any atom is 0.277 e. The molecule has 0 unspecified atom stereocenters. The molecule has 9 nitrogen and oxygen atoms in total. The molecule has 0 aliphatic heterocycles. The number of anilines is 1. The fourth-order valence-corrected chi connectivity index (χ4v) is 3.89. The lowest BCUT2D eigenvalue weighted by atomic mass is 10.1. The van der Waals surface area contributed by atoms with Crippen molar-refractivity contribution >= 4 is 17.6 Å². The molecule has 9 heteroatoms. The van der Waals surface area contributed by atoms with Crippen molar-refractivity contribution in [1.82, 2.24) is 19.6 Å². The van der Waals surface area contributed by atoms with Crippen LogP contribution in [0.3, 0.4) is 0 Å². The fourth-order valence-electron chi connectivity index (χ4n) is 3.89. The molecule has 0 aliphatic rings. The summed E-state index contributed by atoms with van der Waals surface area (Å²) in [4.78, 5) is 37.3. The highest BCUT2D eigenvalue weighted by Crippen LogP contribution is 2.21. The smallest absolute Gasteiger partial charge is 0.277 e. The van der Waals surface area contributed by atoms with Gasteiger partial charge in [-0.2, -0.15) is 9.50 Å². The van der Waals surface area contributed by atoms with Gasteiger partial charge in [-0.3, -0.25) is 19.6 Å². The third-order valence-corrected chi connectivity index (χ3v) is 5.88. The summed E-state index contributed by atoms with van der Waals surface area (Å²) in [6.07, 6.45) is 2.51. The second-order valence-electron chi connectivity index (χ2n) is 8.24. The first-order valence-electron chi connectivity index (χ1n) is 11.5. The lowest BCUT2D eigenvalue weighted by Gasteiger charge is -2.20. The number of fused-ring (bicyclic) bond motifs is 1. The van der Waals surface area contributed by atoms with Crippen molar-refractivity contribution in [1.29, 1.82) is 0 Å². The molecule has 2 heterocycles. The summed E-state index contributed by atoms with van der Waals surface area (Å²) in [7, 11) is 3.16. The van der Waals surface area contributed by atoms with E-state index in [2.05, 4.69) is 22.0 Å². The van der Waals surface area contributed by atoms with Gasteiger partial charge in [-0.05, 0) is 61.7 Å². The number of rotatable bonds is 9. The van der Waals surface area contributed by atoms with Gasteiger partial charge in [0.1, 0.15) is 11.5 Å². The van der Waals surface area contributed by atoms with E-state index < -0.39 is 0 Å². The van der Waals surface area contributed by atoms with Crippen molar-refractivity contribution in [3.05, 3.63) is 81.3 Å². The van der Waals surface area contributed by atoms with Gasteiger partial charge in [0.25, 0.3) is 17.2 Å². The standard InChI is InChI=1S/C26H29N5O4/c1-5-6-10-22-17(2)27-25-28-26(29-31(25)24(22)33)30(16-18-8-7-9-21(15-18)35-4)23(32)19-11-13-20(34-3)14-12-19/h7-9,11-15H,5-6,10,16H2,1-4H3,(H,27,28,29). The van der Waals surface area contributed by atoms with Gasteiger partial charge in [0.2, 0.25) is 5.95 Å². The topological polar surface area (TPSA) is 102 Å². The van der Waals surface area contributed by atoms with Crippen LogP contribution in [0.4, 0.5) is 5.95 Å². The van der Waals surface area contributed by atoms with Crippen LogP contribution in [0, 0.1) is 6.92 Å². The minimum atomic E-state index is -0.287. The van der Waals surface area contributed by atoms with Gasteiger partial charge >= 0.3 is 0 Å². The Bertz CT molecular complexity index is 1390. The average molecular weight is 476 g/mol. The molecule has 1 N–H and O–H groups in total. The first kappa shape index (κ1) is 24.0. The van der Waals surface area contributed by atoms with Crippen molar-refractivity contribution in [2.24, 2.45) is 0 Å². The molecule has 0 spiro atoms. The number of ether oxygens (including phenoxy) is 2. The summed E-state index contributed by atoms with van der Waals surface area (Å²) in [5, 5.41) is 3.01. The quantitative estimate of drug-likeness (QED) is 0.394. The number of H-pyrrole nitrogens is 1. The largest absolute Gasteiger partial charge is 0.497 e. The molecular formula is C26H29N5O4. The van der Waals surface area contributed by atoms with E-state index in [1.807, 2.05) is 31.2 Å². The minimum absolute atomic E-state index is 0.196. The zero-order valence-corrected chi connectivity index (χ0v) is 20.4. The molecule has 182 valence electrons. The molecule has 0 saturated carbocycles. The van der Waals surface area contributed by atoms with E-state index >= 15 is 0 Å². The summed E-state index contributed by atoms with van der Waals surface area (Å²) in [6, 6.07) is 14.3. The number of methoxy groups -OCH3 is 2. The first-order chi connectivity index (χ1) is 16.9. The van der Waals surface area contributed by atoms with Crippen LogP contribution < -0.4 is 19.9 Å². The molecule has 0 atom stereocenters. The monoisotopic (exact) mass is 475 g/mol. The molecule has 4 rings (SSSR count). The highest BCUT2D eigenvalue weighted by atomic mass is 16.5. The Morgan fingerprint density at radius 3 is 2.49 bits per heavy atom. The summed E-state index contributed by atoms with van der Waals surface area (Å²) in [5.74, 6) is 1.49. The summed E-state index contributed by atoms with van der Waals surface area (Å²) >= 11 is 0. The van der Waals surface area contributed by atoms with E-state index in [1.54, 1.807) is 38.5 Å².